The van der Waals surface area contributed by atoms with Crippen LogP contribution in [0.3, 0.4) is 0 Å². The maximum atomic E-state index is 12.8. The Hall–Kier alpha value is -0.540. The summed E-state index contributed by atoms with van der Waals surface area (Å²) in [6.07, 6.45) is 0. The zero-order valence-corrected chi connectivity index (χ0v) is 18.7. The molecule has 2 aromatic carbocycles. The molecule has 4 nitrogen and oxygen atoms in total. The van der Waals surface area contributed by atoms with Gasteiger partial charge in [-0.25, -0.2) is 43.2 Å². The molecule has 0 bridgehead atoms. The summed E-state index contributed by atoms with van der Waals surface area (Å²) in [4.78, 5) is -1.96. The van der Waals surface area contributed by atoms with Crippen molar-refractivity contribution in [1.29, 1.82) is 0 Å². The number of rotatable bonds is 2. The van der Waals surface area contributed by atoms with E-state index in [-0.39, 0.29) is 0 Å². The first-order valence-corrected chi connectivity index (χ1v) is 12.3. The van der Waals surface area contributed by atoms with Crippen molar-refractivity contribution in [3.05, 3.63) is 56.0 Å². The van der Waals surface area contributed by atoms with Gasteiger partial charge in [-0.3, -0.25) is 0 Å². The second kappa shape index (κ2) is 9.08. The first kappa shape index (κ1) is 25.5. The molecule has 16 heteroatoms. The van der Waals surface area contributed by atoms with Gasteiger partial charge in [-0.05, 0) is 44.0 Å². The highest BCUT2D eigenvalue weighted by Crippen LogP contribution is 2.31. The van der Waals surface area contributed by atoms with E-state index < -0.39 is 71.7 Å². The van der Waals surface area contributed by atoms with Gasteiger partial charge in [0.05, 0.1) is 8.95 Å². The molecule has 0 aliphatic heterocycles. The molecule has 0 saturated heterocycles. The normalized spacial score (nSPS) is 11.8. The largest absolute Gasteiger partial charge is 0.264 e. The van der Waals surface area contributed by atoms with E-state index in [0.717, 1.165) is 0 Å². The quantitative estimate of drug-likeness (QED) is 0.191. The van der Waals surface area contributed by atoms with Gasteiger partial charge in [-0.2, -0.15) is 0 Å². The summed E-state index contributed by atoms with van der Waals surface area (Å²) in [6, 6.07) is 0.848. The molecule has 0 saturated carbocycles. The summed E-state index contributed by atoms with van der Waals surface area (Å²) in [6.45, 7) is 0. The summed E-state index contributed by atoms with van der Waals surface area (Å²) < 4.78 is 118. The summed E-state index contributed by atoms with van der Waals surface area (Å²) in [5.41, 5.74) is 0. The lowest BCUT2D eigenvalue weighted by Gasteiger charge is -2.03. The Labute approximate surface area is 179 Å². The van der Waals surface area contributed by atoms with Gasteiger partial charge in [0.25, 0.3) is 18.1 Å². The van der Waals surface area contributed by atoms with Crippen LogP contribution >= 0.6 is 53.2 Å². The molecule has 0 radical (unpaired) electrons. The fourth-order valence-electron chi connectivity index (χ4n) is 1.46. The van der Waals surface area contributed by atoms with Crippen LogP contribution in [0.1, 0.15) is 0 Å². The highest BCUT2D eigenvalue weighted by atomic mass is 79.9. The third kappa shape index (κ3) is 5.75. The summed E-state index contributed by atoms with van der Waals surface area (Å²) in [5, 5.41) is 0. The van der Waals surface area contributed by atoms with Crippen LogP contribution in [0.2, 0.25) is 0 Å². The van der Waals surface area contributed by atoms with Crippen LogP contribution in [0.5, 0.6) is 0 Å². The Bertz CT molecular complexity index is 1070. The van der Waals surface area contributed by atoms with E-state index in [1.807, 2.05) is 0 Å². The summed E-state index contributed by atoms with van der Waals surface area (Å²) in [7, 11) is 0.878. The Kier molecular flexibility index (Phi) is 8.27. The van der Waals surface area contributed by atoms with Crippen LogP contribution in [-0.2, 0) is 18.1 Å². The zero-order chi connectivity index (χ0) is 22.2. The molecule has 0 aliphatic rings. The predicted molar refractivity (Wildman–Crippen MR) is 94.1 cm³/mol. The number of halogens is 10. The molecule has 2 aromatic rings. The third-order valence-corrected chi connectivity index (χ3v) is 6.95. The fourth-order valence-corrected chi connectivity index (χ4v) is 5.03. The maximum absolute atomic E-state index is 12.8. The molecule has 2 rings (SSSR count). The Morgan fingerprint density at radius 3 is 1.54 bits per heavy atom. The van der Waals surface area contributed by atoms with Crippen LogP contribution in [-0.4, -0.2) is 16.8 Å². The lowest BCUT2D eigenvalue weighted by molar-refractivity contribution is 0.430. The molecular formula is C12H2Br2Cl2F6O4S2. The molecule has 0 fully saturated rings. The molecule has 0 spiro atoms. The van der Waals surface area contributed by atoms with Crippen LogP contribution in [0.15, 0.2) is 30.9 Å². The number of hydrogen-bond donors (Lipinski definition) is 0. The minimum atomic E-state index is -4.43. The van der Waals surface area contributed by atoms with Crippen molar-refractivity contribution in [2.45, 2.75) is 9.79 Å². The monoisotopic (exact) mass is 616 g/mol. The van der Waals surface area contributed by atoms with Gasteiger partial charge in [0.1, 0.15) is 9.79 Å². The number of benzene rings is 2. The molecule has 0 unspecified atom stereocenters. The highest BCUT2D eigenvalue weighted by molar-refractivity contribution is 9.10. The average Bonchev–Trinajstić information content (AvgIpc) is 2.56. The maximum Gasteiger partial charge on any atom is 0.264 e. The van der Waals surface area contributed by atoms with E-state index in [1.54, 1.807) is 0 Å². The van der Waals surface area contributed by atoms with E-state index in [4.69, 9.17) is 21.4 Å². The van der Waals surface area contributed by atoms with Crippen molar-refractivity contribution in [3.8, 4) is 0 Å². The topological polar surface area (TPSA) is 68.3 Å². The molecule has 0 N–H and O–H groups in total. The molecular weight excluding hydrogens is 617 g/mol. The van der Waals surface area contributed by atoms with Crippen molar-refractivity contribution in [3.63, 3.8) is 0 Å². The van der Waals surface area contributed by atoms with E-state index >= 15 is 0 Å². The second-order valence-corrected chi connectivity index (χ2v) is 11.2. The van der Waals surface area contributed by atoms with Gasteiger partial charge < -0.3 is 0 Å². The van der Waals surface area contributed by atoms with Crippen molar-refractivity contribution < 1.29 is 43.2 Å². The van der Waals surface area contributed by atoms with Gasteiger partial charge in [-0.1, -0.05) is 0 Å². The van der Waals surface area contributed by atoms with Gasteiger partial charge in [0.15, 0.2) is 34.9 Å². The zero-order valence-electron chi connectivity index (χ0n) is 12.4. The van der Waals surface area contributed by atoms with E-state index in [1.165, 1.54) is 0 Å². The van der Waals surface area contributed by atoms with Gasteiger partial charge in [-0.15, -0.1) is 0 Å². The SMILES string of the molecule is O=S(=O)(Cl)c1cc(Br)c(F)c(F)c1F.O=S(=O)(Cl)c1cc(F)c(F)c(F)c1Br. The minimum Gasteiger partial charge on any atom is -0.207 e. The molecule has 0 heterocycles. The molecule has 156 valence electrons. The third-order valence-electron chi connectivity index (χ3n) is 2.66. The van der Waals surface area contributed by atoms with Crippen LogP contribution < -0.4 is 0 Å². The van der Waals surface area contributed by atoms with E-state index in [0.29, 0.717) is 12.1 Å². The average molecular weight is 619 g/mol. The molecule has 0 atom stereocenters. The Balaban J connectivity index is 0.000000280. The summed E-state index contributed by atoms with van der Waals surface area (Å²) >= 11 is 4.97. The van der Waals surface area contributed by atoms with Crippen molar-refractivity contribution in [2.75, 3.05) is 0 Å². The molecule has 0 amide bonds. The van der Waals surface area contributed by atoms with Crippen LogP contribution in [0.25, 0.3) is 0 Å². The Morgan fingerprint density at radius 1 is 0.643 bits per heavy atom. The smallest absolute Gasteiger partial charge is 0.207 e. The second-order valence-electron chi connectivity index (χ2n) is 4.47. The van der Waals surface area contributed by atoms with E-state index in [2.05, 4.69) is 31.9 Å². The lowest BCUT2D eigenvalue weighted by Crippen LogP contribution is -2.01. The number of hydrogen-bond acceptors (Lipinski definition) is 4. The van der Waals surface area contributed by atoms with Crippen LogP contribution in [0.4, 0.5) is 26.3 Å². The van der Waals surface area contributed by atoms with Gasteiger partial charge in [0, 0.05) is 21.4 Å². The van der Waals surface area contributed by atoms with Crippen molar-refractivity contribution in [2.24, 2.45) is 0 Å². The molecule has 0 aromatic heterocycles. The van der Waals surface area contributed by atoms with Crippen LogP contribution in [0, 0.1) is 34.9 Å². The van der Waals surface area contributed by atoms with Gasteiger partial charge >= 0.3 is 0 Å². The molecule has 28 heavy (non-hydrogen) atoms. The molecule has 0 aliphatic carbocycles. The lowest BCUT2D eigenvalue weighted by atomic mass is 10.3. The summed E-state index contributed by atoms with van der Waals surface area (Å²) in [5.74, 6) is -10.2. The van der Waals surface area contributed by atoms with Crippen molar-refractivity contribution >= 4 is 71.3 Å². The Morgan fingerprint density at radius 2 is 1.11 bits per heavy atom. The van der Waals surface area contributed by atoms with E-state index in [9.17, 15) is 43.2 Å². The fraction of sp³-hybridized carbons (Fsp3) is 0. The highest BCUT2D eigenvalue weighted by Gasteiger charge is 2.25. The first-order chi connectivity index (χ1) is 12.5. The first-order valence-electron chi connectivity index (χ1n) is 6.05. The predicted octanol–water partition coefficient (Wildman–Crippen LogP) is 5.59. The van der Waals surface area contributed by atoms with Gasteiger partial charge in [0.2, 0.25) is 0 Å². The minimum absolute atomic E-state index is 0.296. The van der Waals surface area contributed by atoms with Crippen molar-refractivity contribution in [1.82, 2.24) is 0 Å². The standard InChI is InChI=1S/2C6HBrClF3O2S/c7-4-3(14(8,12)13)1-2(9)5(10)6(4)11;7-2-1-3(14(8,12)13)5(10)6(11)4(2)9/h2*1H.